The van der Waals surface area contributed by atoms with Gasteiger partial charge in [0.1, 0.15) is 0 Å². The van der Waals surface area contributed by atoms with E-state index in [1.807, 2.05) is 23.4 Å². The number of nitrogens with zero attached hydrogens (tertiary/aromatic N) is 1. The third kappa shape index (κ3) is 4.09. The largest absolute Gasteiger partial charge is 0.341 e. The van der Waals surface area contributed by atoms with Crippen LogP contribution in [0.1, 0.15) is 47.3 Å². The molecule has 1 aliphatic carbocycles. The lowest BCUT2D eigenvalue weighted by Gasteiger charge is -2.26. The molecule has 4 heteroatoms. The normalized spacial score (nSPS) is 15.5. The Bertz CT molecular complexity index is 506. The third-order valence-corrected chi connectivity index (χ3v) is 4.61. The smallest absolute Gasteiger partial charge is 0.254 e. The zero-order valence-electron chi connectivity index (χ0n) is 12.0. The van der Waals surface area contributed by atoms with Gasteiger partial charge in [0.2, 0.25) is 0 Å². The van der Waals surface area contributed by atoms with Gasteiger partial charge in [-0.15, -0.1) is 11.3 Å². The van der Waals surface area contributed by atoms with Gasteiger partial charge in [-0.25, -0.2) is 0 Å². The van der Waals surface area contributed by atoms with Crippen molar-refractivity contribution in [1.29, 1.82) is 0 Å². The fourth-order valence-electron chi connectivity index (χ4n) is 2.71. The zero-order valence-corrected chi connectivity index (χ0v) is 12.8. The number of carbonyl (C=O) groups excluding carboxylic acids is 1. The Hall–Kier alpha value is -1.31. The van der Waals surface area contributed by atoms with Gasteiger partial charge in [0.05, 0.1) is 17.0 Å². The fraction of sp³-hybridized carbons (Fsp3) is 0.562. The molecule has 0 saturated heterocycles. The maximum absolute atomic E-state index is 12.4. The van der Waals surface area contributed by atoms with Crippen LogP contribution in [-0.4, -0.2) is 30.9 Å². The van der Waals surface area contributed by atoms with E-state index in [1.165, 1.54) is 43.4 Å². The van der Waals surface area contributed by atoms with Crippen LogP contribution < -0.4 is 5.73 Å². The summed E-state index contributed by atoms with van der Waals surface area (Å²) in [6.45, 7) is 1.22. The van der Waals surface area contributed by atoms with Gasteiger partial charge >= 0.3 is 0 Å². The van der Waals surface area contributed by atoms with E-state index >= 15 is 0 Å². The number of carbonyl (C=O) groups is 1. The lowest BCUT2D eigenvalue weighted by atomic mass is 9.89. The molecule has 2 rings (SSSR count). The van der Waals surface area contributed by atoms with E-state index < -0.39 is 0 Å². The Morgan fingerprint density at radius 1 is 1.45 bits per heavy atom. The van der Waals surface area contributed by atoms with E-state index in [0.717, 1.165) is 17.0 Å². The van der Waals surface area contributed by atoms with Crippen LogP contribution in [0.15, 0.2) is 11.4 Å². The molecule has 1 amide bonds. The monoisotopic (exact) mass is 290 g/mol. The molecule has 0 spiro atoms. The summed E-state index contributed by atoms with van der Waals surface area (Å²) >= 11 is 1.50. The summed E-state index contributed by atoms with van der Waals surface area (Å²) in [5.74, 6) is 6.57. The molecular formula is C16H22N2OS. The van der Waals surface area contributed by atoms with Gasteiger partial charge in [-0.2, -0.15) is 0 Å². The van der Waals surface area contributed by atoms with Crippen molar-refractivity contribution in [1.82, 2.24) is 4.90 Å². The van der Waals surface area contributed by atoms with Crippen LogP contribution in [0, 0.1) is 17.8 Å². The van der Waals surface area contributed by atoms with Gasteiger partial charge in [-0.05, 0) is 24.8 Å². The van der Waals surface area contributed by atoms with Crippen LogP contribution in [0.4, 0.5) is 0 Å². The quantitative estimate of drug-likeness (QED) is 0.870. The molecule has 0 aliphatic heterocycles. The second-order valence-electron chi connectivity index (χ2n) is 5.40. The summed E-state index contributed by atoms with van der Waals surface area (Å²) in [7, 11) is 1.90. The summed E-state index contributed by atoms with van der Waals surface area (Å²) in [5.41, 5.74) is 6.10. The maximum Gasteiger partial charge on any atom is 0.254 e. The molecule has 0 unspecified atom stereocenters. The summed E-state index contributed by atoms with van der Waals surface area (Å²) < 4.78 is 0. The molecule has 1 saturated carbocycles. The average molecular weight is 290 g/mol. The molecule has 0 atom stereocenters. The first-order valence-corrected chi connectivity index (χ1v) is 8.11. The van der Waals surface area contributed by atoms with Gasteiger partial charge in [0.25, 0.3) is 5.91 Å². The van der Waals surface area contributed by atoms with Crippen molar-refractivity contribution in [2.45, 2.75) is 32.1 Å². The van der Waals surface area contributed by atoms with E-state index in [9.17, 15) is 4.79 Å². The van der Waals surface area contributed by atoms with Crippen molar-refractivity contribution >= 4 is 17.2 Å². The number of hydrogen-bond acceptors (Lipinski definition) is 3. The lowest BCUT2D eigenvalue weighted by molar-refractivity contribution is 0.0761. The number of amides is 1. The van der Waals surface area contributed by atoms with Gasteiger partial charge in [0.15, 0.2) is 0 Å². The van der Waals surface area contributed by atoms with Crippen molar-refractivity contribution in [3.05, 3.63) is 21.9 Å². The molecule has 1 aromatic rings. The van der Waals surface area contributed by atoms with Crippen molar-refractivity contribution in [2.24, 2.45) is 11.7 Å². The molecule has 0 radical (unpaired) electrons. The standard InChI is InChI=1S/C16H22N2OS/c1-18(11-13-6-3-2-4-7-13)16(19)14-10-15(20-12-14)8-5-9-17/h10,12-13H,2-4,6-7,9,11,17H2,1H3. The predicted octanol–water partition coefficient (Wildman–Crippen LogP) is 2.71. The van der Waals surface area contributed by atoms with Crippen molar-refractivity contribution in [3.63, 3.8) is 0 Å². The fourth-order valence-corrected chi connectivity index (χ4v) is 3.46. The third-order valence-electron chi connectivity index (χ3n) is 3.76. The molecule has 1 aliphatic rings. The van der Waals surface area contributed by atoms with E-state index in [0.29, 0.717) is 12.5 Å². The molecule has 1 aromatic heterocycles. The Labute approximate surface area is 125 Å². The minimum atomic E-state index is 0.104. The molecule has 2 N–H and O–H groups in total. The molecule has 0 aromatic carbocycles. The van der Waals surface area contributed by atoms with Crippen LogP contribution in [-0.2, 0) is 0 Å². The van der Waals surface area contributed by atoms with E-state index in [1.54, 1.807) is 0 Å². The highest BCUT2D eigenvalue weighted by atomic mass is 32.1. The van der Waals surface area contributed by atoms with E-state index in [-0.39, 0.29) is 5.91 Å². The minimum absolute atomic E-state index is 0.104. The van der Waals surface area contributed by atoms with E-state index in [2.05, 4.69) is 11.8 Å². The van der Waals surface area contributed by atoms with E-state index in [4.69, 9.17) is 5.73 Å². The molecule has 1 fully saturated rings. The Balaban J connectivity index is 1.93. The summed E-state index contributed by atoms with van der Waals surface area (Å²) in [5, 5.41) is 1.89. The molecular weight excluding hydrogens is 268 g/mol. The van der Waals surface area contributed by atoms with Crippen LogP contribution in [0.3, 0.4) is 0 Å². The second kappa shape index (κ2) is 7.47. The Kier molecular flexibility index (Phi) is 5.63. The zero-order chi connectivity index (χ0) is 14.4. The van der Waals surface area contributed by atoms with Crippen molar-refractivity contribution in [3.8, 4) is 11.8 Å². The Morgan fingerprint density at radius 2 is 2.20 bits per heavy atom. The SMILES string of the molecule is CN(CC1CCCCC1)C(=O)c1csc(C#CCN)c1. The average Bonchev–Trinajstić information content (AvgIpc) is 2.94. The maximum atomic E-state index is 12.4. The molecule has 108 valence electrons. The molecule has 1 heterocycles. The van der Waals surface area contributed by atoms with Gasteiger partial charge in [-0.1, -0.05) is 31.1 Å². The molecule has 20 heavy (non-hydrogen) atoms. The predicted molar refractivity (Wildman–Crippen MR) is 83.8 cm³/mol. The summed E-state index contributed by atoms with van der Waals surface area (Å²) in [6, 6.07) is 1.87. The van der Waals surface area contributed by atoms with Gasteiger partial charge < -0.3 is 10.6 Å². The number of hydrogen-bond donors (Lipinski definition) is 1. The first kappa shape index (κ1) is 15.1. The molecule has 3 nitrogen and oxygen atoms in total. The number of nitrogens with two attached hydrogens (primary N) is 1. The van der Waals surface area contributed by atoms with Crippen LogP contribution >= 0.6 is 11.3 Å². The highest BCUT2D eigenvalue weighted by Gasteiger charge is 2.19. The van der Waals surface area contributed by atoms with Gasteiger partial charge in [0, 0.05) is 19.0 Å². The number of rotatable bonds is 3. The topological polar surface area (TPSA) is 46.3 Å². The first-order chi connectivity index (χ1) is 9.70. The number of thiophene rings is 1. The second-order valence-corrected chi connectivity index (χ2v) is 6.31. The first-order valence-electron chi connectivity index (χ1n) is 7.23. The Morgan fingerprint density at radius 3 is 2.90 bits per heavy atom. The van der Waals surface area contributed by atoms with Gasteiger partial charge in [-0.3, -0.25) is 4.79 Å². The lowest BCUT2D eigenvalue weighted by Crippen LogP contribution is -2.32. The summed E-state index contributed by atoms with van der Waals surface area (Å²) in [6.07, 6.45) is 6.48. The highest BCUT2D eigenvalue weighted by Crippen LogP contribution is 2.25. The summed E-state index contributed by atoms with van der Waals surface area (Å²) in [4.78, 5) is 15.1. The minimum Gasteiger partial charge on any atom is -0.341 e. The molecule has 0 bridgehead atoms. The van der Waals surface area contributed by atoms with Crippen LogP contribution in [0.25, 0.3) is 0 Å². The van der Waals surface area contributed by atoms with Crippen molar-refractivity contribution in [2.75, 3.05) is 20.1 Å². The van der Waals surface area contributed by atoms with Crippen LogP contribution in [0.2, 0.25) is 0 Å². The van der Waals surface area contributed by atoms with Crippen LogP contribution in [0.5, 0.6) is 0 Å². The van der Waals surface area contributed by atoms with Crippen molar-refractivity contribution < 1.29 is 4.79 Å². The highest BCUT2D eigenvalue weighted by molar-refractivity contribution is 7.10.